The van der Waals surface area contributed by atoms with Crippen molar-refractivity contribution in [2.24, 2.45) is 0 Å². The molecule has 0 fully saturated rings. The summed E-state index contributed by atoms with van der Waals surface area (Å²) in [5.74, 6) is -1.47. The first-order valence-corrected chi connectivity index (χ1v) is 9.86. The number of amides is 3. The molecule has 0 aromatic heterocycles. The van der Waals surface area contributed by atoms with Crippen LogP contribution >= 0.6 is 0 Å². The lowest BCUT2D eigenvalue weighted by molar-refractivity contribution is 0.0784. The van der Waals surface area contributed by atoms with Crippen LogP contribution in [0.1, 0.15) is 47.8 Å². The van der Waals surface area contributed by atoms with Gasteiger partial charge in [-0.25, -0.2) is 9.29 Å². The SMILES string of the molecule is Cc1ccc(C)c(N2C(=O)c3ccc(C(=O)N(C)Cc4ccc(F)cc4)cc3C2=O)c1. The van der Waals surface area contributed by atoms with Gasteiger partial charge in [0.2, 0.25) is 0 Å². The van der Waals surface area contributed by atoms with E-state index in [9.17, 15) is 18.8 Å². The minimum Gasteiger partial charge on any atom is -0.337 e. The summed E-state index contributed by atoms with van der Waals surface area (Å²) in [7, 11) is 1.63. The summed E-state index contributed by atoms with van der Waals surface area (Å²) in [6.07, 6.45) is 0. The second-order valence-electron chi connectivity index (χ2n) is 7.78. The first-order valence-electron chi connectivity index (χ1n) is 9.86. The Bertz CT molecular complexity index is 1220. The lowest BCUT2D eigenvalue weighted by Crippen LogP contribution is -2.30. The van der Waals surface area contributed by atoms with E-state index in [0.717, 1.165) is 16.7 Å². The first-order chi connectivity index (χ1) is 14.8. The molecule has 0 aliphatic carbocycles. The smallest absolute Gasteiger partial charge is 0.266 e. The number of fused-ring (bicyclic) bond motifs is 1. The molecular formula is C25H21FN2O3. The largest absolute Gasteiger partial charge is 0.337 e. The predicted molar refractivity (Wildman–Crippen MR) is 116 cm³/mol. The summed E-state index contributed by atoms with van der Waals surface area (Å²) >= 11 is 0. The second kappa shape index (κ2) is 7.80. The zero-order valence-electron chi connectivity index (χ0n) is 17.5. The highest BCUT2D eigenvalue weighted by molar-refractivity contribution is 6.35. The van der Waals surface area contributed by atoms with Crippen molar-refractivity contribution in [1.29, 1.82) is 0 Å². The molecule has 0 atom stereocenters. The molecule has 0 saturated heterocycles. The van der Waals surface area contributed by atoms with Crippen LogP contribution in [0.2, 0.25) is 0 Å². The van der Waals surface area contributed by atoms with Crippen molar-refractivity contribution in [3.8, 4) is 0 Å². The van der Waals surface area contributed by atoms with E-state index in [-0.39, 0.29) is 29.4 Å². The van der Waals surface area contributed by atoms with Gasteiger partial charge in [0.1, 0.15) is 5.82 Å². The number of aryl methyl sites for hydroxylation is 2. The Kier molecular flexibility index (Phi) is 5.15. The Balaban J connectivity index is 1.61. The fourth-order valence-electron chi connectivity index (χ4n) is 3.71. The van der Waals surface area contributed by atoms with Crippen molar-refractivity contribution in [3.63, 3.8) is 0 Å². The number of rotatable bonds is 4. The van der Waals surface area contributed by atoms with Crippen LogP contribution in [0.15, 0.2) is 60.7 Å². The molecule has 0 radical (unpaired) electrons. The highest BCUT2D eigenvalue weighted by atomic mass is 19.1. The van der Waals surface area contributed by atoms with Gasteiger partial charge in [0.05, 0.1) is 16.8 Å². The molecule has 4 rings (SSSR count). The Hall–Kier alpha value is -3.80. The Morgan fingerprint density at radius 2 is 1.58 bits per heavy atom. The molecule has 0 saturated carbocycles. The van der Waals surface area contributed by atoms with Crippen LogP contribution in [0.5, 0.6) is 0 Å². The van der Waals surface area contributed by atoms with Gasteiger partial charge in [0, 0.05) is 19.2 Å². The summed E-state index contributed by atoms with van der Waals surface area (Å²) in [6, 6.07) is 16.1. The Morgan fingerprint density at radius 1 is 0.903 bits per heavy atom. The summed E-state index contributed by atoms with van der Waals surface area (Å²) in [4.78, 5) is 41.6. The fourth-order valence-corrected chi connectivity index (χ4v) is 3.71. The quantitative estimate of drug-likeness (QED) is 0.588. The fraction of sp³-hybridized carbons (Fsp3) is 0.160. The van der Waals surface area contributed by atoms with E-state index < -0.39 is 11.8 Å². The summed E-state index contributed by atoms with van der Waals surface area (Å²) in [5, 5.41) is 0. The Labute approximate surface area is 179 Å². The molecule has 1 heterocycles. The van der Waals surface area contributed by atoms with Crippen LogP contribution < -0.4 is 4.90 Å². The maximum Gasteiger partial charge on any atom is 0.266 e. The second-order valence-corrected chi connectivity index (χ2v) is 7.78. The average molecular weight is 416 g/mol. The highest BCUT2D eigenvalue weighted by Crippen LogP contribution is 2.32. The van der Waals surface area contributed by atoms with Gasteiger partial charge < -0.3 is 4.90 Å². The average Bonchev–Trinajstić information content (AvgIpc) is 3.00. The van der Waals surface area contributed by atoms with Gasteiger partial charge in [-0.15, -0.1) is 0 Å². The van der Waals surface area contributed by atoms with Gasteiger partial charge in [-0.1, -0.05) is 24.3 Å². The minimum absolute atomic E-state index is 0.215. The van der Waals surface area contributed by atoms with Crippen molar-refractivity contribution in [2.45, 2.75) is 20.4 Å². The van der Waals surface area contributed by atoms with Gasteiger partial charge in [0.25, 0.3) is 17.7 Å². The maximum atomic E-state index is 13.1. The molecule has 0 spiro atoms. The predicted octanol–water partition coefficient (Wildman–Crippen LogP) is 4.52. The third-order valence-electron chi connectivity index (χ3n) is 5.42. The van der Waals surface area contributed by atoms with Crippen molar-refractivity contribution in [1.82, 2.24) is 4.90 Å². The molecular weight excluding hydrogens is 395 g/mol. The summed E-state index contributed by atoms with van der Waals surface area (Å²) < 4.78 is 13.1. The van der Waals surface area contributed by atoms with Gasteiger partial charge in [-0.3, -0.25) is 14.4 Å². The van der Waals surface area contributed by atoms with E-state index in [1.165, 1.54) is 34.1 Å². The van der Waals surface area contributed by atoms with E-state index in [1.54, 1.807) is 31.3 Å². The van der Waals surface area contributed by atoms with Crippen LogP contribution in [-0.4, -0.2) is 29.7 Å². The van der Waals surface area contributed by atoms with Crippen LogP contribution in [0.25, 0.3) is 0 Å². The third-order valence-corrected chi connectivity index (χ3v) is 5.42. The van der Waals surface area contributed by atoms with Gasteiger partial charge in [-0.05, 0) is 66.9 Å². The molecule has 1 aliphatic heterocycles. The summed E-state index contributed by atoms with van der Waals surface area (Å²) in [5.41, 5.74) is 3.90. The topological polar surface area (TPSA) is 57.7 Å². The van der Waals surface area contributed by atoms with E-state index in [1.807, 2.05) is 26.0 Å². The van der Waals surface area contributed by atoms with Crippen LogP contribution in [0.4, 0.5) is 10.1 Å². The number of hydrogen-bond donors (Lipinski definition) is 0. The molecule has 156 valence electrons. The number of imide groups is 1. The number of nitrogens with zero attached hydrogens (tertiary/aromatic N) is 2. The third kappa shape index (κ3) is 3.72. The van der Waals surface area contributed by atoms with Crippen LogP contribution in [0.3, 0.4) is 0 Å². The first kappa shape index (κ1) is 20.5. The van der Waals surface area contributed by atoms with Crippen LogP contribution in [-0.2, 0) is 6.54 Å². The normalized spacial score (nSPS) is 12.8. The monoisotopic (exact) mass is 416 g/mol. The molecule has 3 amide bonds. The van der Waals surface area contributed by atoms with Crippen molar-refractivity contribution < 1.29 is 18.8 Å². The van der Waals surface area contributed by atoms with E-state index in [4.69, 9.17) is 0 Å². The van der Waals surface area contributed by atoms with Crippen LogP contribution in [0, 0.1) is 19.7 Å². The van der Waals surface area contributed by atoms with Gasteiger partial charge >= 0.3 is 0 Å². The molecule has 3 aromatic carbocycles. The van der Waals surface area contributed by atoms with E-state index in [2.05, 4.69) is 0 Å². The number of hydrogen-bond acceptors (Lipinski definition) is 3. The van der Waals surface area contributed by atoms with Crippen molar-refractivity contribution in [3.05, 3.63) is 99.9 Å². The zero-order valence-corrected chi connectivity index (χ0v) is 17.5. The number of anilines is 1. The molecule has 31 heavy (non-hydrogen) atoms. The molecule has 5 nitrogen and oxygen atoms in total. The minimum atomic E-state index is -0.440. The summed E-state index contributed by atoms with van der Waals surface area (Å²) in [6.45, 7) is 4.03. The molecule has 0 unspecified atom stereocenters. The van der Waals surface area contributed by atoms with Gasteiger partial charge in [-0.2, -0.15) is 0 Å². The molecule has 6 heteroatoms. The Morgan fingerprint density at radius 3 is 2.29 bits per heavy atom. The van der Waals surface area contributed by atoms with Crippen molar-refractivity contribution in [2.75, 3.05) is 11.9 Å². The number of carbonyl (C=O) groups is 3. The molecule has 0 N–H and O–H groups in total. The molecule has 1 aliphatic rings. The highest BCUT2D eigenvalue weighted by Gasteiger charge is 2.38. The molecule has 0 bridgehead atoms. The molecule has 3 aromatic rings. The number of carbonyl (C=O) groups excluding carboxylic acids is 3. The zero-order chi connectivity index (χ0) is 22.3. The van der Waals surface area contributed by atoms with Crippen molar-refractivity contribution >= 4 is 23.4 Å². The lowest BCUT2D eigenvalue weighted by Gasteiger charge is -2.18. The number of benzene rings is 3. The van der Waals surface area contributed by atoms with Gasteiger partial charge in [0.15, 0.2) is 0 Å². The number of halogens is 1. The van der Waals surface area contributed by atoms with E-state index >= 15 is 0 Å². The lowest BCUT2D eigenvalue weighted by atomic mass is 10.0. The standard InChI is InChI=1S/C25H21FN2O3/c1-15-4-5-16(2)22(12-15)28-24(30)20-11-8-18(13-21(20)25(28)31)23(29)27(3)14-17-6-9-19(26)10-7-17/h4-13H,14H2,1-3H3. The maximum absolute atomic E-state index is 13.1. The van der Waals surface area contributed by atoms with E-state index in [0.29, 0.717) is 11.3 Å².